The normalized spacial score (nSPS) is 29.2. The van der Waals surface area contributed by atoms with E-state index in [1.54, 1.807) is 0 Å². The molecule has 3 aliphatic rings. The van der Waals surface area contributed by atoms with Gasteiger partial charge < -0.3 is 26.6 Å². The molecule has 2 saturated carbocycles. The van der Waals surface area contributed by atoms with Crippen LogP contribution in [0.3, 0.4) is 0 Å². The number of hydrogen-bond donors (Lipinski definition) is 5. The molecular weight excluding hydrogens is 615 g/mol. The summed E-state index contributed by atoms with van der Waals surface area (Å²) in [5.41, 5.74) is 2.77. The van der Waals surface area contributed by atoms with Gasteiger partial charge in [0.05, 0.1) is 29.6 Å². The molecule has 0 aliphatic heterocycles. The summed E-state index contributed by atoms with van der Waals surface area (Å²) in [6.07, 6.45) is -0.605. The summed E-state index contributed by atoms with van der Waals surface area (Å²) in [4.78, 5) is 80.7. The van der Waals surface area contributed by atoms with Crippen LogP contribution in [0.4, 0.5) is 11.4 Å². The Morgan fingerprint density at radius 1 is 1.14 bits per heavy atom. The number of alkyl halides is 3. The first-order chi connectivity index (χ1) is 19.3. The fraction of sp³-hybridized carbons (Fsp3) is 0.556. The third-order valence-corrected chi connectivity index (χ3v) is 8.54. The molecule has 0 spiro atoms. The molecule has 0 bridgehead atoms. The molecule has 228 valence electrons. The van der Waals surface area contributed by atoms with E-state index in [1.165, 1.54) is 25.1 Å². The van der Waals surface area contributed by atoms with E-state index in [2.05, 4.69) is 10.6 Å². The number of aliphatic hydroxyl groups is 1. The van der Waals surface area contributed by atoms with Crippen LogP contribution in [0.2, 0.25) is 0 Å². The predicted octanol–water partition coefficient (Wildman–Crippen LogP) is 1.39. The molecule has 3 aliphatic carbocycles. The van der Waals surface area contributed by atoms with E-state index in [9.17, 15) is 39.0 Å². The van der Waals surface area contributed by atoms with E-state index >= 15 is 0 Å². The maximum atomic E-state index is 14.0. The highest BCUT2D eigenvalue weighted by atomic mass is 35.6. The van der Waals surface area contributed by atoms with Gasteiger partial charge in [0, 0.05) is 17.6 Å². The molecule has 0 saturated heterocycles. The number of Topliss-reactive ketones (excluding diaryl/α,β-unsaturated/α-hetero) is 4. The first kappa shape index (κ1) is 32.2. The van der Waals surface area contributed by atoms with Crippen molar-refractivity contribution < 1.29 is 39.0 Å². The molecule has 0 aromatic heterocycles. The second kappa shape index (κ2) is 11.1. The lowest BCUT2D eigenvalue weighted by atomic mass is 9.52. The minimum Gasteiger partial charge on any atom is -0.505 e. The van der Waals surface area contributed by atoms with Gasteiger partial charge in [0.15, 0.2) is 38.4 Å². The number of aromatic hydroxyl groups is 1. The quantitative estimate of drug-likeness (QED) is 0.130. The highest BCUT2D eigenvalue weighted by Crippen LogP contribution is 2.52. The van der Waals surface area contributed by atoms with Gasteiger partial charge in [-0.25, -0.2) is 0 Å². The van der Waals surface area contributed by atoms with E-state index < -0.39 is 86.2 Å². The highest BCUT2D eigenvalue weighted by Gasteiger charge is 2.69. The monoisotopic (exact) mass is 644 g/mol. The second-order valence-corrected chi connectivity index (χ2v) is 14.1. The molecule has 42 heavy (non-hydrogen) atoms. The van der Waals surface area contributed by atoms with Crippen molar-refractivity contribution in [3.8, 4) is 5.75 Å². The van der Waals surface area contributed by atoms with E-state index in [1.807, 2.05) is 13.8 Å². The number of primary amides is 1. The summed E-state index contributed by atoms with van der Waals surface area (Å²) >= 11 is 17.1. The summed E-state index contributed by atoms with van der Waals surface area (Å²) in [5, 5.41) is 28.5. The minimum atomic E-state index is -2.85. The maximum Gasteiger partial charge on any atom is 0.235 e. The lowest BCUT2D eigenvalue weighted by Gasteiger charge is -2.52. The molecule has 0 heterocycles. The van der Waals surface area contributed by atoms with Crippen LogP contribution in [-0.4, -0.2) is 85.6 Å². The van der Waals surface area contributed by atoms with Crippen LogP contribution in [0.1, 0.15) is 42.6 Å². The Bertz CT molecular complexity index is 1410. The number of ketones is 4. The zero-order chi connectivity index (χ0) is 31.6. The van der Waals surface area contributed by atoms with Crippen LogP contribution < -0.4 is 16.4 Å². The molecule has 2 fully saturated rings. The van der Waals surface area contributed by atoms with Crippen LogP contribution in [0.25, 0.3) is 0 Å². The Morgan fingerprint density at radius 2 is 1.76 bits per heavy atom. The van der Waals surface area contributed by atoms with Crippen molar-refractivity contribution in [2.75, 3.05) is 24.7 Å². The van der Waals surface area contributed by atoms with Crippen LogP contribution in [0.15, 0.2) is 6.07 Å². The zero-order valence-corrected chi connectivity index (χ0v) is 25.4. The number of halogens is 3. The van der Waals surface area contributed by atoms with Gasteiger partial charge in [-0.15, -0.1) is 0 Å². The van der Waals surface area contributed by atoms with E-state index in [0.29, 0.717) is 11.3 Å². The largest absolute Gasteiger partial charge is 0.505 e. The van der Waals surface area contributed by atoms with Crippen molar-refractivity contribution in [2.45, 2.75) is 54.6 Å². The minimum absolute atomic E-state index is 0.0524. The third-order valence-electron chi connectivity index (χ3n) is 8.14. The van der Waals surface area contributed by atoms with Crippen LogP contribution in [-0.2, 0) is 30.4 Å². The molecule has 4 rings (SSSR count). The number of nitrogens with two attached hydrogens (primary N) is 1. The summed E-state index contributed by atoms with van der Waals surface area (Å²) in [6, 6.07) is 0.0581. The van der Waals surface area contributed by atoms with Crippen molar-refractivity contribution in [2.24, 2.45) is 29.4 Å². The van der Waals surface area contributed by atoms with Gasteiger partial charge >= 0.3 is 0 Å². The smallest absolute Gasteiger partial charge is 0.235 e. The van der Waals surface area contributed by atoms with E-state index in [0.717, 1.165) is 0 Å². The Kier molecular flexibility index (Phi) is 8.46. The van der Waals surface area contributed by atoms with Crippen molar-refractivity contribution in [3.63, 3.8) is 0 Å². The second-order valence-electron chi connectivity index (χ2n) is 11.6. The molecule has 12 nitrogen and oxygen atoms in total. The van der Waals surface area contributed by atoms with Gasteiger partial charge in [-0.2, -0.15) is 0 Å². The number of carbonyl (C=O) groups is 6. The average molecular weight is 646 g/mol. The number of phenolic OH excluding ortho intramolecular Hbond substituents is 1. The van der Waals surface area contributed by atoms with Gasteiger partial charge in [0.1, 0.15) is 5.75 Å². The van der Waals surface area contributed by atoms with Crippen molar-refractivity contribution >= 4 is 81.1 Å². The van der Waals surface area contributed by atoms with Crippen molar-refractivity contribution in [1.29, 1.82) is 0 Å². The molecule has 6 N–H and O–H groups in total. The molecule has 4 unspecified atom stereocenters. The summed E-state index contributed by atoms with van der Waals surface area (Å²) in [7, 11) is 3.02. The van der Waals surface area contributed by atoms with Gasteiger partial charge in [-0.05, 0) is 58.3 Å². The number of hydrogen-bond acceptors (Lipinski definition) is 10. The number of rotatable bonds is 6. The van der Waals surface area contributed by atoms with E-state index in [-0.39, 0.29) is 30.1 Å². The van der Waals surface area contributed by atoms with Gasteiger partial charge in [0.2, 0.25) is 11.8 Å². The molecule has 0 radical (unpaired) electrons. The predicted molar refractivity (Wildman–Crippen MR) is 154 cm³/mol. The number of nitrogens with zero attached hydrogens (tertiary/aromatic N) is 1. The summed E-state index contributed by atoms with van der Waals surface area (Å²) in [6.45, 7) is 3.66. The number of fused-ring (bicyclic) bond motifs is 3. The van der Waals surface area contributed by atoms with Gasteiger partial charge in [-0.3, -0.25) is 33.7 Å². The fourth-order valence-corrected chi connectivity index (χ4v) is 6.95. The standard InChI is InChI=1S/C27H31Cl3N4O8/c1-9(2)32-13-7-14(33-15(35)8-26(28,29)30)20(36)17-11(13)5-10-6-12-19(34(3)4)22(38)18(25(31)41)24(40)27(12,42)23(39)16(10)21(17)37/h7,9-10,12,16,18-19,32,36,42H,5-6,8H2,1-4H3,(H2,31,41)(H,33,35)/t10?,12?,16?,18?,19-,27-/m0/s1. The number of carbonyl (C=O) groups excluding carboxylic acids is 6. The van der Waals surface area contributed by atoms with Crippen LogP contribution in [0, 0.1) is 23.7 Å². The van der Waals surface area contributed by atoms with Crippen molar-refractivity contribution in [3.05, 3.63) is 17.2 Å². The number of anilines is 2. The number of likely N-dealkylation sites (N-methyl/N-ethyl adjacent to an activating group) is 1. The lowest BCUT2D eigenvalue weighted by Crippen LogP contribution is -2.74. The molecular formula is C27H31Cl3N4O8. The summed E-state index contributed by atoms with van der Waals surface area (Å²) < 4.78 is -1.93. The van der Waals surface area contributed by atoms with E-state index in [4.69, 9.17) is 40.5 Å². The number of benzene rings is 1. The molecule has 6 atom stereocenters. The maximum absolute atomic E-state index is 14.0. The molecule has 2 amide bonds. The average Bonchev–Trinajstić information content (AvgIpc) is 2.82. The van der Waals surface area contributed by atoms with Gasteiger partial charge in [-0.1, -0.05) is 34.8 Å². The Balaban J connectivity index is 1.85. The third kappa shape index (κ3) is 5.28. The van der Waals surface area contributed by atoms with Crippen LogP contribution in [0.5, 0.6) is 5.75 Å². The summed E-state index contributed by atoms with van der Waals surface area (Å²) in [5.74, 6) is -12.6. The number of nitrogens with one attached hydrogen (secondary N) is 2. The Hall–Kier alpha value is -2.77. The molecule has 1 aromatic rings. The topological polar surface area (TPSA) is 196 Å². The Labute approximate surface area is 256 Å². The lowest BCUT2D eigenvalue weighted by molar-refractivity contribution is -0.181. The van der Waals surface area contributed by atoms with Crippen LogP contribution >= 0.6 is 34.8 Å². The van der Waals surface area contributed by atoms with Gasteiger partial charge in [0.25, 0.3) is 0 Å². The highest BCUT2D eigenvalue weighted by molar-refractivity contribution is 6.68. The number of phenols is 1. The molecule has 1 aromatic carbocycles. The zero-order valence-electron chi connectivity index (χ0n) is 23.2. The first-order valence-electron chi connectivity index (χ1n) is 13.2. The fourth-order valence-electron chi connectivity index (χ4n) is 6.58. The SMILES string of the molecule is CC(C)Nc1cc(NC(=O)CC(Cl)(Cl)Cl)c(O)c2c1CC1CC3[C@H](N(C)C)C(=O)C(C(N)=O)C(=O)[C@@]3(O)C(=O)C1C2=O. The number of amides is 2. The first-order valence-corrected chi connectivity index (χ1v) is 14.3. The molecule has 15 heteroatoms. The Morgan fingerprint density at radius 3 is 2.29 bits per heavy atom. The van der Waals surface area contributed by atoms with Crippen molar-refractivity contribution in [1.82, 2.24) is 4.90 Å².